The number of rotatable bonds is 4. The van der Waals surface area contributed by atoms with E-state index >= 15 is 0 Å². The first-order valence-electron chi connectivity index (χ1n) is 6.12. The molecule has 0 saturated heterocycles. The molecule has 2 aromatic heterocycles. The van der Waals surface area contributed by atoms with Gasteiger partial charge in [0.15, 0.2) is 0 Å². The number of hydrogen-bond acceptors (Lipinski definition) is 3. The summed E-state index contributed by atoms with van der Waals surface area (Å²) in [6.45, 7) is 4.47. The van der Waals surface area contributed by atoms with Gasteiger partial charge in [-0.05, 0) is 19.9 Å². The van der Waals surface area contributed by atoms with Crippen LogP contribution in [0.5, 0.6) is 0 Å². The number of aliphatic hydroxyl groups excluding tert-OH is 1. The van der Waals surface area contributed by atoms with Gasteiger partial charge < -0.3 is 10.0 Å². The average molecular weight is 282 g/mol. The summed E-state index contributed by atoms with van der Waals surface area (Å²) in [7, 11) is 0. The SMILES string of the molecule is CCN(CCO)C(=O)c1c(C)nc2cc(Cl)ccn12. The minimum absolute atomic E-state index is 0.0544. The third-order valence-corrected chi connectivity index (χ3v) is 3.24. The van der Waals surface area contributed by atoms with Crippen molar-refractivity contribution in [2.24, 2.45) is 0 Å². The molecular formula is C13H16ClN3O2. The second kappa shape index (κ2) is 5.59. The molecule has 1 amide bonds. The topological polar surface area (TPSA) is 57.8 Å². The molecule has 102 valence electrons. The van der Waals surface area contributed by atoms with Crippen LogP contribution in [0.1, 0.15) is 23.1 Å². The summed E-state index contributed by atoms with van der Waals surface area (Å²) < 4.78 is 1.73. The smallest absolute Gasteiger partial charge is 0.272 e. The van der Waals surface area contributed by atoms with Crippen LogP contribution in [-0.2, 0) is 0 Å². The highest BCUT2D eigenvalue weighted by molar-refractivity contribution is 6.30. The Kier molecular flexibility index (Phi) is 4.07. The van der Waals surface area contributed by atoms with Gasteiger partial charge in [0.1, 0.15) is 11.3 Å². The number of halogens is 1. The van der Waals surface area contributed by atoms with Gasteiger partial charge in [0.2, 0.25) is 0 Å². The lowest BCUT2D eigenvalue weighted by molar-refractivity contribution is 0.0724. The number of aliphatic hydroxyl groups is 1. The molecule has 0 aliphatic heterocycles. The van der Waals surface area contributed by atoms with Crippen molar-refractivity contribution in [3.05, 3.63) is 34.7 Å². The zero-order chi connectivity index (χ0) is 14.0. The van der Waals surface area contributed by atoms with E-state index in [0.29, 0.717) is 35.1 Å². The zero-order valence-electron chi connectivity index (χ0n) is 10.9. The number of nitrogens with zero attached hydrogens (tertiary/aromatic N) is 3. The third kappa shape index (κ3) is 2.57. The molecule has 2 heterocycles. The second-order valence-corrected chi connectivity index (χ2v) is 4.66. The predicted molar refractivity (Wildman–Crippen MR) is 73.6 cm³/mol. The van der Waals surface area contributed by atoms with Gasteiger partial charge in [-0.25, -0.2) is 4.98 Å². The molecule has 5 nitrogen and oxygen atoms in total. The van der Waals surface area contributed by atoms with Crippen molar-refractivity contribution in [3.8, 4) is 0 Å². The molecule has 0 aliphatic carbocycles. The maximum Gasteiger partial charge on any atom is 0.272 e. The quantitative estimate of drug-likeness (QED) is 0.929. The van der Waals surface area contributed by atoms with Gasteiger partial charge in [-0.1, -0.05) is 11.6 Å². The molecule has 0 atom stereocenters. The monoisotopic (exact) mass is 281 g/mol. The number of aromatic nitrogens is 2. The maximum atomic E-state index is 12.5. The van der Waals surface area contributed by atoms with E-state index in [-0.39, 0.29) is 12.5 Å². The van der Waals surface area contributed by atoms with Gasteiger partial charge in [0.25, 0.3) is 5.91 Å². The number of carbonyl (C=O) groups excluding carboxylic acids is 1. The molecule has 0 bridgehead atoms. The fourth-order valence-corrected chi connectivity index (χ4v) is 2.22. The molecule has 0 aliphatic rings. The van der Waals surface area contributed by atoms with Gasteiger partial charge in [0.05, 0.1) is 12.3 Å². The van der Waals surface area contributed by atoms with E-state index in [9.17, 15) is 4.79 Å². The van der Waals surface area contributed by atoms with Crippen molar-refractivity contribution in [1.29, 1.82) is 0 Å². The Hall–Kier alpha value is -1.59. The number of fused-ring (bicyclic) bond motifs is 1. The second-order valence-electron chi connectivity index (χ2n) is 4.23. The van der Waals surface area contributed by atoms with Crippen LogP contribution in [-0.4, -0.2) is 45.0 Å². The van der Waals surface area contributed by atoms with E-state index in [1.54, 1.807) is 34.6 Å². The van der Waals surface area contributed by atoms with Crippen LogP contribution in [0.2, 0.25) is 5.02 Å². The number of pyridine rings is 1. The van der Waals surface area contributed by atoms with Gasteiger partial charge in [-0.3, -0.25) is 9.20 Å². The number of hydrogen-bond donors (Lipinski definition) is 1. The molecule has 2 aromatic rings. The fraction of sp³-hybridized carbons (Fsp3) is 0.385. The Balaban J connectivity index is 2.49. The van der Waals surface area contributed by atoms with Crippen LogP contribution in [0.4, 0.5) is 0 Å². The molecule has 6 heteroatoms. The molecule has 0 spiro atoms. The summed E-state index contributed by atoms with van der Waals surface area (Å²) >= 11 is 5.92. The van der Waals surface area contributed by atoms with E-state index in [1.807, 2.05) is 6.92 Å². The van der Waals surface area contributed by atoms with E-state index in [1.165, 1.54) is 0 Å². The molecular weight excluding hydrogens is 266 g/mol. The Morgan fingerprint density at radius 3 is 2.95 bits per heavy atom. The summed E-state index contributed by atoms with van der Waals surface area (Å²) in [6, 6.07) is 3.43. The van der Waals surface area contributed by atoms with E-state index < -0.39 is 0 Å². The summed E-state index contributed by atoms with van der Waals surface area (Å²) in [5.74, 6) is -0.135. The normalized spacial score (nSPS) is 10.9. The third-order valence-electron chi connectivity index (χ3n) is 3.00. The number of carbonyl (C=O) groups is 1. The number of imidazole rings is 1. The van der Waals surface area contributed by atoms with Gasteiger partial charge in [-0.15, -0.1) is 0 Å². The maximum absolute atomic E-state index is 12.5. The van der Waals surface area contributed by atoms with Gasteiger partial charge in [-0.2, -0.15) is 0 Å². The summed E-state index contributed by atoms with van der Waals surface area (Å²) in [4.78, 5) is 18.4. The van der Waals surface area contributed by atoms with Crippen LogP contribution in [0.15, 0.2) is 18.3 Å². The molecule has 19 heavy (non-hydrogen) atoms. The Bertz CT molecular complexity index is 609. The van der Waals surface area contributed by atoms with Gasteiger partial charge in [0, 0.05) is 30.4 Å². The lowest BCUT2D eigenvalue weighted by atomic mass is 10.3. The standard InChI is InChI=1S/C13H16ClN3O2/c1-3-16(6-7-18)13(19)12-9(2)15-11-8-10(14)4-5-17(11)12/h4-5,8,18H,3,6-7H2,1-2H3. The van der Waals surface area contributed by atoms with Crippen molar-refractivity contribution < 1.29 is 9.90 Å². The summed E-state index contributed by atoms with van der Waals surface area (Å²) in [5.41, 5.74) is 1.82. The largest absolute Gasteiger partial charge is 0.395 e. The van der Waals surface area contributed by atoms with Gasteiger partial charge >= 0.3 is 0 Å². The molecule has 0 fully saturated rings. The highest BCUT2D eigenvalue weighted by Gasteiger charge is 2.21. The van der Waals surface area contributed by atoms with Crippen LogP contribution >= 0.6 is 11.6 Å². The number of aryl methyl sites for hydroxylation is 1. The van der Waals surface area contributed by atoms with E-state index in [0.717, 1.165) is 0 Å². The first-order valence-corrected chi connectivity index (χ1v) is 6.50. The van der Waals surface area contributed by atoms with Crippen LogP contribution in [0, 0.1) is 6.92 Å². The zero-order valence-corrected chi connectivity index (χ0v) is 11.7. The number of likely N-dealkylation sites (N-methyl/N-ethyl adjacent to an activating group) is 1. The molecule has 0 unspecified atom stereocenters. The van der Waals surface area contributed by atoms with E-state index in [2.05, 4.69) is 4.98 Å². The van der Waals surface area contributed by atoms with Crippen molar-refractivity contribution in [3.63, 3.8) is 0 Å². The minimum Gasteiger partial charge on any atom is -0.395 e. The summed E-state index contributed by atoms with van der Waals surface area (Å²) in [5, 5.41) is 9.58. The summed E-state index contributed by atoms with van der Waals surface area (Å²) in [6.07, 6.45) is 1.73. The lowest BCUT2D eigenvalue weighted by Gasteiger charge is -2.19. The lowest BCUT2D eigenvalue weighted by Crippen LogP contribution is -2.34. The van der Waals surface area contributed by atoms with Crippen molar-refractivity contribution in [1.82, 2.24) is 14.3 Å². The highest BCUT2D eigenvalue weighted by atomic mass is 35.5. The molecule has 0 saturated carbocycles. The first kappa shape index (κ1) is 13.8. The number of amides is 1. The Labute approximate surface area is 116 Å². The van der Waals surface area contributed by atoms with Crippen LogP contribution in [0.3, 0.4) is 0 Å². The highest BCUT2D eigenvalue weighted by Crippen LogP contribution is 2.17. The van der Waals surface area contributed by atoms with Crippen molar-refractivity contribution in [2.45, 2.75) is 13.8 Å². The van der Waals surface area contributed by atoms with E-state index in [4.69, 9.17) is 16.7 Å². The Morgan fingerprint density at radius 1 is 1.58 bits per heavy atom. The molecule has 1 N–H and O–H groups in total. The predicted octanol–water partition coefficient (Wildman–Crippen LogP) is 1.75. The fourth-order valence-electron chi connectivity index (χ4n) is 2.07. The molecule has 2 rings (SSSR count). The molecule has 0 aromatic carbocycles. The van der Waals surface area contributed by atoms with Crippen molar-refractivity contribution >= 4 is 23.2 Å². The van der Waals surface area contributed by atoms with Crippen LogP contribution < -0.4 is 0 Å². The average Bonchev–Trinajstić information content (AvgIpc) is 2.70. The minimum atomic E-state index is -0.135. The van der Waals surface area contributed by atoms with Crippen LogP contribution in [0.25, 0.3) is 5.65 Å². The van der Waals surface area contributed by atoms with Crippen molar-refractivity contribution in [2.75, 3.05) is 19.7 Å². The first-order chi connectivity index (χ1) is 9.08. The Morgan fingerprint density at radius 2 is 2.32 bits per heavy atom. The molecule has 0 radical (unpaired) electrons.